The van der Waals surface area contributed by atoms with Gasteiger partial charge in [0.2, 0.25) is 5.91 Å². The fourth-order valence-corrected chi connectivity index (χ4v) is 3.62. The number of amides is 1. The second-order valence-corrected chi connectivity index (χ2v) is 7.17. The fraction of sp³-hybridized carbons (Fsp3) is 0.400. The Morgan fingerprint density at radius 2 is 2.07 bits per heavy atom. The molecule has 0 radical (unpaired) electrons. The molecule has 0 saturated carbocycles. The first kappa shape index (κ1) is 18.3. The Hall–Kier alpha value is -3.03. The van der Waals surface area contributed by atoms with E-state index in [0.29, 0.717) is 24.6 Å². The van der Waals surface area contributed by atoms with Crippen molar-refractivity contribution in [3.63, 3.8) is 0 Å². The van der Waals surface area contributed by atoms with E-state index in [1.54, 1.807) is 12.1 Å². The van der Waals surface area contributed by atoms with Gasteiger partial charge in [-0.1, -0.05) is 17.3 Å². The molecular formula is C20H22FN5O2. The summed E-state index contributed by atoms with van der Waals surface area (Å²) in [6, 6.07) is 6.15. The molecule has 8 heteroatoms. The number of aryl methyl sites for hydroxylation is 2. The van der Waals surface area contributed by atoms with Crippen molar-refractivity contribution in [2.75, 3.05) is 18.0 Å². The van der Waals surface area contributed by atoms with Gasteiger partial charge in [-0.05, 0) is 44.4 Å². The van der Waals surface area contributed by atoms with Crippen molar-refractivity contribution in [1.29, 1.82) is 0 Å². The highest BCUT2D eigenvalue weighted by Crippen LogP contribution is 2.30. The van der Waals surface area contributed by atoms with Gasteiger partial charge in [-0.2, -0.15) is 4.98 Å². The monoisotopic (exact) mass is 383 g/mol. The van der Waals surface area contributed by atoms with Crippen molar-refractivity contribution in [3.05, 3.63) is 47.2 Å². The van der Waals surface area contributed by atoms with E-state index in [4.69, 9.17) is 4.52 Å². The first-order valence-electron chi connectivity index (χ1n) is 9.39. The third-order valence-corrected chi connectivity index (χ3v) is 5.07. The van der Waals surface area contributed by atoms with Crippen LogP contribution in [0.5, 0.6) is 0 Å². The molecule has 1 aliphatic heterocycles. The molecule has 1 fully saturated rings. The van der Waals surface area contributed by atoms with Gasteiger partial charge in [-0.3, -0.25) is 4.79 Å². The predicted molar refractivity (Wildman–Crippen MR) is 102 cm³/mol. The van der Waals surface area contributed by atoms with Crippen LogP contribution in [-0.4, -0.2) is 34.1 Å². The Kier molecular flexibility index (Phi) is 4.93. The van der Waals surface area contributed by atoms with Crippen LogP contribution in [0.25, 0.3) is 11.1 Å². The summed E-state index contributed by atoms with van der Waals surface area (Å²) in [4.78, 5) is 23.7. The van der Waals surface area contributed by atoms with E-state index < -0.39 is 0 Å². The number of benzene rings is 1. The van der Waals surface area contributed by atoms with E-state index >= 15 is 0 Å². The number of rotatable bonds is 4. The third kappa shape index (κ3) is 3.67. The van der Waals surface area contributed by atoms with Gasteiger partial charge in [-0.25, -0.2) is 9.37 Å². The number of hydrogen-bond acceptors (Lipinski definition) is 6. The van der Waals surface area contributed by atoms with Crippen LogP contribution in [0.3, 0.4) is 0 Å². The van der Waals surface area contributed by atoms with Crippen LogP contribution >= 0.6 is 0 Å². The summed E-state index contributed by atoms with van der Waals surface area (Å²) in [7, 11) is 0. The summed E-state index contributed by atoms with van der Waals surface area (Å²) >= 11 is 0. The Labute approximate surface area is 161 Å². The highest BCUT2D eigenvalue weighted by atomic mass is 19.1. The average Bonchev–Trinajstić information content (AvgIpc) is 3.07. The Balaban J connectivity index is 1.48. The Morgan fingerprint density at radius 1 is 1.29 bits per heavy atom. The number of piperidine rings is 1. The number of carbonyl (C=O) groups is 1. The maximum absolute atomic E-state index is 13.0. The zero-order valence-corrected chi connectivity index (χ0v) is 15.9. The van der Waals surface area contributed by atoms with Crippen LogP contribution in [0.2, 0.25) is 0 Å². The SMILES string of the molecule is Cc1nc(N2CCCC(C(=O)NCc3ccc(F)cc3)C2)c2c(C)noc2n1. The second kappa shape index (κ2) is 7.53. The lowest BCUT2D eigenvalue weighted by Gasteiger charge is -2.33. The van der Waals surface area contributed by atoms with Crippen LogP contribution in [0.1, 0.15) is 29.9 Å². The van der Waals surface area contributed by atoms with Gasteiger partial charge in [-0.15, -0.1) is 0 Å². The molecule has 0 aliphatic carbocycles. The van der Waals surface area contributed by atoms with Crippen LogP contribution in [0.4, 0.5) is 10.2 Å². The quantitative estimate of drug-likeness (QED) is 0.746. The van der Waals surface area contributed by atoms with E-state index in [1.807, 2.05) is 13.8 Å². The molecule has 4 rings (SSSR count). The van der Waals surface area contributed by atoms with E-state index in [1.165, 1.54) is 12.1 Å². The van der Waals surface area contributed by atoms with Gasteiger partial charge in [0.25, 0.3) is 5.71 Å². The van der Waals surface area contributed by atoms with Crippen molar-refractivity contribution in [2.24, 2.45) is 5.92 Å². The molecule has 28 heavy (non-hydrogen) atoms. The van der Waals surface area contributed by atoms with Gasteiger partial charge >= 0.3 is 0 Å². The van der Waals surface area contributed by atoms with Crippen LogP contribution < -0.4 is 10.2 Å². The number of anilines is 1. The molecule has 1 unspecified atom stereocenters. The summed E-state index contributed by atoms with van der Waals surface area (Å²) < 4.78 is 18.3. The molecule has 3 aromatic rings. The van der Waals surface area contributed by atoms with Gasteiger partial charge in [0, 0.05) is 19.6 Å². The maximum Gasteiger partial charge on any atom is 0.263 e. The summed E-state index contributed by atoms with van der Waals surface area (Å²) in [5, 5.41) is 7.77. The van der Waals surface area contributed by atoms with Crippen LogP contribution in [0, 0.1) is 25.6 Å². The van der Waals surface area contributed by atoms with E-state index in [9.17, 15) is 9.18 Å². The molecular weight excluding hydrogens is 361 g/mol. The summed E-state index contributed by atoms with van der Waals surface area (Å²) in [6.45, 7) is 5.46. The van der Waals surface area contributed by atoms with Crippen molar-refractivity contribution in [3.8, 4) is 0 Å². The molecule has 0 spiro atoms. The number of aromatic nitrogens is 3. The summed E-state index contributed by atoms with van der Waals surface area (Å²) in [6.07, 6.45) is 1.71. The molecule has 1 saturated heterocycles. The zero-order valence-electron chi connectivity index (χ0n) is 15.9. The number of halogens is 1. The number of fused-ring (bicyclic) bond motifs is 1. The topological polar surface area (TPSA) is 84.2 Å². The van der Waals surface area contributed by atoms with Crippen molar-refractivity contribution in [2.45, 2.75) is 33.2 Å². The molecule has 0 bridgehead atoms. The van der Waals surface area contributed by atoms with Crippen LogP contribution in [0.15, 0.2) is 28.8 Å². The smallest absolute Gasteiger partial charge is 0.263 e. The predicted octanol–water partition coefficient (Wildman–Crippen LogP) is 2.91. The molecule has 1 N–H and O–H groups in total. The minimum Gasteiger partial charge on any atom is -0.355 e. The number of nitrogens with one attached hydrogen (secondary N) is 1. The minimum atomic E-state index is -0.284. The lowest BCUT2D eigenvalue weighted by molar-refractivity contribution is -0.125. The zero-order chi connectivity index (χ0) is 19.7. The average molecular weight is 383 g/mol. The standard InChI is InChI=1S/C20H22FN5O2/c1-12-17-18(23-13(2)24-20(17)28-25-12)26-9-3-4-15(11-26)19(27)22-10-14-5-7-16(21)8-6-14/h5-8,15H,3-4,9-11H2,1-2H3,(H,22,27). The molecule has 2 aromatic heterocycles. The van der Waals surface area contributed by atoms with Gasteiger partial charge < -0.3 is 14.7 Å². The Bertz CT molecular complexity index is 1000. The van der Waals surface area contributed by atoms with Crippen LogP contribution in [-0.2, 0) is 11.3 Å². The van der Waals surface area contributed by atoms with Crippen molar-refractivity contribution in [1.82, 2.24) is 20.4 Å². The molecule has 1 atom stereocenters. The van der Waals surface area contributed by atoms with Crippen molar-refractivity contribution < 1.29 is 13.7 Å². The minimum absolute atomic E-state index is 0.00177. The van der Waals surface area contributed by atoms with E-state index in [0.717, 1.165) is 41.8 Å². The molecule has 3 heterocycles. The second-order valence-electron chi connectivity index (χ2n) is 7.17. The number of nitrogens with zero attached hydrogens (tertiary/aromatic N) is 4. The molecule has 1 aromatic carbocycles. The van der Waals surface area contributed by atoms with Crippen molar-refractivity contribution >= 4 is 22.8 Å². The normalized spacial score (nSPS) is 17.1. The number of hydrogen-bond donors (Lipinski definition) is 1. The van der Waals surface area contributed by atoms with Gasteiger partial charge in [0.15, 0.2) is 0 Å². The lowest BCUT2D eigenvalue weighted by Crippen LogP contribution is -2.43. The first-order chi connectivity index (χ1) is 13.5. The summed E-state index contributed by atoms with van der Waals surface area (Å²) in [5.41, 5.74) is 2.09. The fourth-order valence-electron chi connectivity index (χ4n) is 3.62. The van der Waals surface area contributed by atoms with Gasteiger partial charge in [0.1, 0.15) is 22.8 Å². The largest absolute Gasteiger partial charge is 0.355 e. The van der Waals surface area contributed by atoms with E-state index in [-0.39, 0.29) is 17.6 Å². The highest BCUT2D eigenvalue weighted by Gasteiger charge is 2.28. The maximum atomic E-state index is 13.0. The first-order valence-corrected chi connectivity index (χ1v) is 9.39. The molecule has 146 valence electrons. The summed E-state index contributed by atoms with van der Waals surface area (Å²) in [5.74, 6) is 0.963. The molecule has 1 aliphatic rings. The van der Waals surface area contributed by atoms with Gasteiger partial charge in [0.05, 0.1) is 11.6 Å². The third-order valence-electron chi connectivity index (χ3n) is 5.07. The molecule has 7 nitrogen and oxygen atoms in total. The molecule has 1 amide bonds. The Morgan fingerprint density at radius 3 is 2.86 bits per heavy atom. The highest BCUT2D eigenvalue weighted by molar-refractivity contribution is 5.88. The number of carbonyl (C=O) groups excluding carboxylic acids is 1. The lowest BCUT2D eigenvalue weighted by atomic mass is 9.96. The van der Waals surface area contributed by atoms with E-state index in [2.05, 4.69) is 25.3 Å².